The van der Waals surface area contributed by atoms with Crippen LogP contribution >= 0.6 is 23.2 Å². The van der Waals surface area contributed by atoms with Crippen molar-refractivity contribution in [2.24, 2.45) is 5.73 Å². The van der Waals surface area contributed by atoms with Crippen molar-refractivity contribution < 1.29 is 4.39 Å². The van der Waals surface area contributed by atoms with Gasteiger partial charge in [-0.25, -0.2) is 4.39 Å². The first-order valence-electron chi connectivity index (χ1n) is 5.38. The second kappa shape index (κ2) is 5.65. The van der Waals surface area contributed by atoms with Crippen molar-refractivity contribution in [3.63, 3.8) is 0 Å². The van der Waals surface area contributed by atoms with Crippen LogP contribution in [0.1, 0.15) is 17.3 Å². The van der Waals surface area contributed by atoms with Crippen LogP contribution in [0.4, 0.5) is 4.39 Å². The van der Waals surface area contributed by atoms with Crippen LogP contribution in [0.15, 0.2) is 36.5 Å². The summed E-state index contributed by atoms with van der Waals surface area (Å²) >= 11 is 12.1. The fraction of sp³-hybridized carbons (Fsp3) is 0.154. The molecule has 0 aliphatic rings. The first kappa shape index (κ1) is 13.3. The summed E-state index contributed by atoms with van der Waals surface area (Å²) < 4.78 is 13.5. The summed E-state index contributed by atoms with van der Waals surface area (Å²) in [7, 11) is 0. The summed E-state index contributed by atoms with van der Waals surface area (Å²) in [5.41, 5.74) is 6.87. The monoisotopic (exact) mass is 284 g/mol. The lowest BCUT2D eigenvalue weighted by atomic mass is 10.0. The second-order valence-corrected chi connectivity index (χ2v) is 4.70. The lowest BCUT2D eigenvalue weighted by molar-refractivity contribution is 0.564. The average molecular weight is 285 g/mol. The summed E-state index contributed by atoms with van der Waals surface area (Å²) in [6.45, 7) is 0. The van der Waals surface area contributed by atoms with Crippen molar-refractivity contribution in [2.75, 3.05) is 0 Å². The zero-order valence-corrected chi connectivity index (χ0v) is 10.9. The van der Waals surface area contributed by atoms with Gasteiger partial charge in [0.05, 0.1) is 11.7 Å². The maximum Gasteiger partial charge on any atom is 0.146 e. The normalized spacial score (nSPS) is 12.4. The average Bonchev–Trinajstić information content (AvgIpc) is 2.34. The predicted molar refractivity (Wildman–Crippen MR) is 71.3 cm³/mol. The molecule has 1 aromatic heterocycles. The number of hydrogen-bond donors (Lipinski definition) is 1. The smallest absolute Gasteiger partial charge is 0.146 e. The van der Waals surface area contributed by atoms with Crippen LogP contribution < -0.4 is 5.73 Å². The molecule has 0 bridgehead atoms. The van der Waals surface area contributed by atoms with Crippen LogP contribution in [0.3, 0.4) is 0 Å². The molecule has 0 radical (unpaired) electrons. The zero-order valence-electron chi connectivity index (χ0n) is 9.41. The van der Waals surface area contributed by atoms with Gasteiger partial charge in [0.15, 0.2) is 0 Å². The highest BCUT2D eigenvalue weighted by Gasteiger charge is 2.16. The molecule has 0 aliphatic carbocycles. The summed E-state index contributed by atoms with van der Waals surface area (Å²) in [6.07, 6.45) is 1.85. The van der Waals surface area contributed by atoms with Crippen LogP contribution in [0.25, 0.3) is 0 Å². The van der Waals surface area contributed by atoms with Gasteiger partial charge >= 0.3 is 0 Å². The third-order valence-electron chi connectivity index (χ3n) is 2.62. The lowest BCUT2D eigenvalue weighted by Gasteiger charge is -2.14. The first-order valence-corrected chi connectivity index (χ1v) is 6.14. The number of aromatic nitrogens is 1. The molecule has 0 saturated carbocycles. The van der Waals surface area contributed by atoms with E-state index in [-0.39, 0.29) is 5.69 Å². The van der Waals surface area contributed by atoms with Crippen LogP contribution in [0.2, 0.25) is 10.0 Å². The van der Waals surface area contributed by atoms with Crippen LogP contribution in [-0.2, 0) is 6.42 Å². The van der Waals surface area contributed by atoms with E-state index in [1.165, 1.54) is 18.3 Å². The molecule has 1 heterocycles. The third-order valence-corrected chi connectivity index (χ3v) is 3.33. The molecule has 0 saturated heterocycles. The maximum absolute atomic E-state index is 13.5. The fourth-order valence-electron chi connectivity index (χ4n) is 1.71. The highest BCUT2D eigenvalue weighted by molar-refractivity contribution is 6.36. The third kappa shape index (κ3) is 2.80. The molecule has 94 valence electrons. The van der Waals surface area contributed by atoms with E-state index < -0.39 is 11.9 Å². The molecule has 0 spiro atoms. The van der Waals surface area contributed by atoms with Crippen molar-refractivity contribution in [3.8, 4) is 0 Å². The van der Waals surface area contributed by atoms with Gasteiger partial charge in [-0.3, -0.25) is 4.98 Å². The largest absolute Gasteiger partial charge is 0.322 e. The van der Waals surface area contributed by atoms with Gasteiger partial charge in [-0.1, -0.05) is 29.3 Å². The second-order valence-electron chi connectivity index (χ2n) is 3.88. The number of benzene rings is 1. The van der Waals surface area contributed by atoms with E-state index in [4.69, 9.17) is 28.9 Å². The molecule has 2 nitrogen and oxygen atoms in total. The Kier molecular flexibility index (Phi) is 4.17. The molecule has 1 unspecified atom stereocenters. The zero-order chi connectivity index (χ0) is 13.1. The fourth-order valence-corrected chi connectivity index (χ4v) is 2.27. The minimum atomic E-state index is -0.580. The van der Waals surface area contributed by atoms with Crippen molar-refractivity contribution in [1.82, 2.24) is 4.98 Å². The SMILES string of the molecule is NC(Cc1c(Cl)cccc1Cl)c1ncccc1F. The van der Waals surface area contributed by atoms with Crippen LogP contribution in [0, 0.1) is 5.82 Å². The van der Waals surface area contributed by atoms with Gasteiger partial charge in [0.1, 0.15) is 5.82 Å². The van der Waals surface area contributed by atoms with Crippen molar-refractivity contribution in [1.29, 1.82) is 0 Å². The van der Waals surface area contributed by atoms with E-state index >= 15 is 0 Å². The Labute approximate surface area is 115 Å². The molecule has 2 aromatic rings. The number of nitrogens with two attached hydrogens (primary N) is 1. The minimum absolute atomic E-state index is 0.216. The Morgan fingerprint density at radius 1 is 1.17 bits per heavy atom. The van der Waals surface area contributed by atoms with Crippen molar-refractivity contribution in [2.45, 2.75) is 12.5 Å². The Hall–Kier alpha value is -1.16. The highest BCUT2D eigenvalue weighted by atomic mass is 35.5. The van der Waals surface area contributed by atoms with E-state index in [0.717, 1.165) is 0 Å². The Morgan fingerprint density at radius 2 is 1.83 bits per heavy atom. The minimum Gasteiger partial charge on any atom is -0.322 e. The number of rotatable bonds is 3. The van der Waals surface area contributed by atoms with Gasteiger partial charge in [0.2, 0.25) is 0 Å². The van der Waals surface area contributed by atoms with Crippen molar-refractivity contribution in [3.05, 3.63) is 63.6 Å². The quantitative estimate of drug-likeness (QED) is 0.932. The molecule has 1 atom stereocenters. The standard InChI is InChI=1S/C13H11Cl2FN2/c14-9-3-1-4-10(15)8(9)7-12(17)13-11(16)5-2-6-18-13/h1-6,12H,7,17H2. The lowest BCUT2D eigenvalue weighted by Crippen LogP contribution is -2.17. The van der Waals surface area contributed by atoms with Gasteiger partial charge in [-0.15, -0.1) is 0 Å². The molecule has 0 amide bonds. The Bertz CT molecular complexity index is 540. The summed E-state index contributed by atoms with van der Waals surface area (Å²) in [5.74, 6) is -0.423. The number of halogens is 3. The summed E-state index contributed by atoms with van der Waals surface area (Å²) in [4.78, 5) is 3.95. The summed E-state index contributed by atoms with van der Waals surface area (Å²) in [5, 5.41) is 1.04. The van der Waals surface area contributed by atoms with Crippen molar-refractivity contribution >= 4 is 23.2 Å². The Morgan fingerprint density at radius 3 is 2.44 bits per heavy atom. The molecule has 0 fully saturated rings. The first-order chi connectivity index (χ1) is 8.59. The van der Waals surface area contributed by atoms with Gasteiger partial charge in [0, 0.05) is 16.2 Å². The molecular weight excluding hydrogens is 274 g/mol. The van der Waals surface area contributed by atoms with Gasteiger partial charge < -0.3 is 5.73 Å². The highest BCUT2D eigenvalue weighted by Crippen LogP contribution is 2.28. The topological polar surface area (TPSA) is 38.9 Å². The van der Waals surface area contributed by atoms with E-state index in [1.807, 2.05) is 0 Å². The molecular formula is C13H11Cl2FN2. The molecule has 0 aliphatic heterocycles. The number of pyridine rings is 1. The molecule has 2 rings (SSSR count). The number of nitrogens with zero attached hydrogens (tertiary/aromatic N) is 1. The van der Waals surface area contributed by atoms with E-state index in [2.05, 4.69) is 4.98 Å². The van der Waals surface area contributed by atoms with E-state index in [1.54, 1.807) is 18.2 Å². The van der Waals surface area contributed by atoms with Gasteiger partial charge in [-0.2, -0.15) is 0 Å². The Balaban J connectivity index is 2.27. The van der Waals surface area contributed by atoms with Gasteiger partial charge in [0.25, 0.3) is 0 Å². The van der Waals surface area contributed by atoms with Crippen LogP contribution in [-0.4, -0.2) is 4.98 Å². The molecule has 2 N–H and O–H groups in total. The molecule has 1 aromatic carbocycles. The summed E-state index contributed by atoms with van der Waals surface area (Å²) in [6, 6.07) is 7.48. The van der Waals surface area contributed by atoms with E-state index in [0.29, 0.717) is 22.0 Å². The van der Waals surface area contributed by atoms with Crippen LogP contribution in [0.5, 0.6) is 0 Å². The molecule has 18 heavy (non-hydrogen) atoms. The van der Waals surface area contributed by atoms with Gasteiger partial charge in [-0.05, 0) is 36.2 Å². The van der Waals surface area contributed by atoms with E-state index in [9.17, 15) is 4.39 Å². The predicted octanol–water partition coefficient (Wildman–Crippen LogP) is 3.77. The molecule has 5 heteroatoms. The number of hydrogen-bond acceptors (Lipinski definition) is 2. The maximum atomic E-state index is 13.5.